The fourth-order valence-electron chi connectivity index (χ4n) is 0.857. The van der Waals surface area contributed by atoms with E-state index in [-0.39, 0.29) is 17.0 Å². The van der Waals surface area contributed by atoms with Gasteiger partial charge in [-0.25, -0.2) is 9.69 Å². The highest BCUT2D eigenvalue weighted by Gasteiger charge is 2.53. The summed E-state index contributed by atoms with van der Waals surface area (Å²) < 4.78 is -1.33. The lowest BCUT2D eigenvalue weighted by atomic mass is 10.3. The zero-order valence-electron chi connectivity index (χ0n) is 6.43. The van der Waals surface area contributed by atoms with Crippen LogP contribution in [0.3, 0.4) is 0 Å². The Kier molecular flexibility index (Phi) is 3.41. The van der Waals surface area contributed by atoms with Crippen LogP contribution >= 0.6 is 15.9 Å². The quantitative estimate of drug-likeness (QED) is 0.215. The van der Waals surface area contributed by atoms with Gasteiger partial charge in [-0.2, -0.15) is 0 Å². The summed E-state index contributed by atoms with van der Waals surface area (Å²) in [6, 6.07) is -0.755. The number of nitrogens with one attached hydrogen (secondary N) is 1. The van der Waals surface area contributed by atoms with Crippen molar-refractivity contribution in [2.75, 3.05) is 7.05 Å². The minimum absolute atomic E-state index is 0. The summed E-state index contributed by atoms with van der Waals surface area (Å²) in [7, 11) is 1.29. The van der Waals surface area contributed by atoms with E-state index < -0.39 is 21.4 Å². The first-order valence-electron chi connectivity index (χ1n) is 2.95. The zero-order chi connectivity index (χ0) is 8.81. The van der Waals surface area contributed by atoms with Crippen LogP contribution in [0.5, 0.6) is 0 Å². The molecule has 3 amide bonds. The van der Waals surface area contributed by atoms with E-state index in [9.17, 15) is 14.8 Å². The molecule has 5 nitrogen and oxygen atoms in total. The number of amides is 3. The third kappa shape index (κ3) is 1.41. The van der Waals surface area contributed by atoms with Gasteiger partial charge in [-0.15, -0.1) is 0 Å². The molecule has 2 atom stereocenters. The van der Waals surface area contributed by atoms with Crippen molar-refractivity contribution in [2.24, 2.45) is 0 Å². The summed E-state index contributed by atoms with van der Waals surface area (Å²) in [5.41, 5.74) is 0. The van der Waals surface area contributed by atoms with Crippen LogP contribution < -0.4 is 22.0 Å². The molecule has 1 saturated heterocycles. The number of quaternary nitrogens is 1. The predicted octanol–water partition coefficient (Wildman–Crippen LogP) is -3.92. The normalized spacial score (nSPS) is 35.3. The molecule has 2 unspecified atom stereocenters. The fraction of sp³-hybridized carbons (Fsp3) is 0.600. The maximum Gasteiger partial charge on any atom is 0.425 e. The summed E-state index contributed by atoms with van der Waals surface area (Å²) >= 11 is 2.89. The largest absolute Gasteiger partial charge is 1.00 e. The van der Waals surface area contributed by atoms with Crippen LogP contribution in [0.15, 0.2) is 0 Å². The summed E-state index contributed by atoms with van der Waals surface area (Å²) in [4.78, 5) is 22.8. The molecule has 0 aliphatic carbocycles. The lowest BCUT2D eigenvalue weighted by Crippen LogP contribution is -3.15. The molecule has 12 heavy (non-hydrogen) atoms. The molecule has 1 aliphatic rings. The number of likely N-dealkylation sites (N-methyl/N-ethyl adjacent to an activating group) is 1. The minimum Gasteiger partial charge on any atom is -1.00 e. The Hall–Kier alpha value is 0.0200. The highest BCUT2D eigenvalue weighted by molar-refractivity contribution is 9.10. The number of nitrogens with zero attached hydrogens (tertiary/aromatic N) is 1. The summed E-state index contributed by atoms with van der Waals surface area (Å²) in [6.07, 6.45) is 0. The predicted molar refractivity (Wildman–Crippen MR) is 39.8 cm³/mol. The maximum absolute atomic E-state index is 11.1. The molecule has 0 aromatic rings. The smallest absolute Gasteiger partial charge is 0.425 e. The van der Waals surface area contributed by atoms with Gasteiger partial charge in [0.15, 0.2) is 0 Å². The average molecular weight is 303 g/mol. The number of urea groups is 1. The van der Waals surface area contributed by atoms with Gasteiger partial charge in [-0.1, -0.05) is 0 Å². The Balaban J connectivity index is 0.00000121. The lowest BCUT2D eigenvalue weighted by Gasteiger charge is -2.21. The third-order valence-corrected chi connectivity index (χ3v) is 2.33. The van der Waals surface area contributed by atoms with Gasteiger partial charge < -0.3 is 22.2 Å². The van der Waals surface area contributed by atoms with Gasteiger partial charge in [0.25, 0.3) is 0 Å². The molecule has 7 heteroatoms. The van der Waals surface area contributed by atoms with E-state index in [1.165, 1.54) is 14.0 Å². The van der Waals surface area contributed by atoms with E-state index in [1.807, 2.05) is 0 Å². The van der Waals surface area contributed by atoms with Crippen LogP contribution in [0.2, 0.25) is 0 Å². The molecule has 0 aromatic heterocycles. The van der Waals surface area contributed by atoms with Crippen molar-refractivity contribution in [1.29, 1.82) is 0 Å². The van der Waals surface area contributed by atoms with Gasteiger partial charge in [-0.05, 0) is 15.9 Å². The van der Waals surface area contributed by atoms with Crippen LogP contribution in [0.1, 0.15) is 6.92 Å². The molecule has 1 heterocycles. The lowest BCUT2D eigenvalue weighted by molar-refractivity contribution is -0.778. The maximum atomic E-state index is 11.1. The molecule has 1 N–H and O–H groups in total. The third-order valence-electron chi connectivity index (χ3n) is 1.63. The number of rotatable bonds is 0. The molecule has 70 valence electrons. The van der Waals surface area contributed by atoms with E-state index in [1.54, 1.807) is 0 Å². The van der Waals surface area contributed by atoms with Gasteiger partial charge >= 0.3 is 11.9 Å². The topological polar surface area (TPSA) is 64.9 Å². The number of halogens is 2. The number of hydroxylamine groups is 2. The number of carbonyl (C=O) groups excluding carboxylic acids is 2. The average Bonchev–Trinajstić information content (AvgIpc) is 2.06. The number of alkyl halides is 1. The molecule has 0 radical (unpaired) electrons. The number of imide groups is 1. The molecule has 1 fully saturated rings. The van der Waals surface area contributed by atoms with Crippen molar-refractivity contribution < 1.29 is 31.6 Å². The van der Waals surface area contributed by atoms with Crippen LogP contribution in [0.4, 0.5) is 4.79 Å². The Labute approximate surface area is 88.2 Å². The second-order valence-electron chi connectivity index (χ2n) is 2.50. The molecule has 0 spiro atoms. The summed E-state index contributed by atoms with van der Waals surface area (Å²) in [5.74, 6) is -0.507. The van der Waals surface area contributed by atoms with Crippen LogP contribution in [-0.4, -0.2) is 28.3 Å². The first-order chi connectivity index (χ1) is 4.89. The standard InChI is InChI=1S/C5H7BrN2O3.BrH/c1-5(6)3(9)7(2)4(10)8(5)11;/h8H,1-2H3;1H/p-1. The van der Waals surface area contributed by atoms with Gasteiger partial charge in [-0.3, -0.25) is 9.86 Å². The SMILES string of the molecule is CN1C(=O)[NH+]([O-])C(C)(Br)C1=O.[Br-]. The number of carbonyl (C=O) groups is 2. The summed E-state index contributed by atoms with van der Waals surface area (Å²) in [6.45, 7) is 1.37. The molecule has 1 rings (SSSR count). The molecule has 1 aliphatic heterocycles. The van der Waals surface area contributed by atoms with E-state index in [0.717, 1.165) is 4.90 Å². The van der Waals surface area contributed by atoms with Gasteiger partial charge in [0.05, 0.1) is 0 Å². The first-order valence-corrected chi connectivity index (χ1v) is 3.74. The Morgan fingerprint density at radius 3 is 2.08 bits per heavy atom. The zero-order valence-corrected chi connectivity index (χ0v) is 9.60. The van der Waals surface area contributed by atoms with Crippen molar-refractivity contribution in [1.82, 2.24) is 4.90 Å². The minimum atomic E-state index is -1.33. The van der Waals surface area contributed by atoms with E-state index in [4.69, 9.17) is 0 Å². The van der Waals surface area contributed by atoms with E-state index in [2.05, 4.69) is 15.9 Å². The number of hydrogen-bond donors (Lipinski definition) is 1. The second kappa shape index (κ2) is 3.41. The molecular formula is C5H7Br2N2O3-. The molecule has 0 aromatic carbocycles. The Morgan fingerprint density at radius 2 is 2.00 bits per heavy atom. The Morgan fingerprint density at radius 1 is 1.58 bits per heavy atom. The second-order valence-corrected chi connectivity index (χ2v) is 4.09. The van der Waals surface area contributed by atoms with Gasteiger partial charge in [0.2, 0.25) is 4.45 Å². The highest BCUT2D eigenvalue weighted by atomic mass is 79.9. The molecular weight excluding hydrogens is 296 g/mol. The van der Waals surface area contributed by atoms with Crippen molar-refractivity contribution in [3.05, 3.63) is 5.21 Å². The van der Waals surface area contributed by atoms with Crippen molar-refractivity contribution in [2.45, 2.75) is 11.4 Å². The van der Waals surface area contributed by atoms with Crippen molar-refractivity contribution >= 4 is 27.9 Å². The van der Waals surface area contributed by atoms with Gasteiger partial charge in [0.1, 0.15) is 0 Å². The van der Waals surface area contributed by atoms with Crippen LogP contribution in [-0.2, 0) is 4.79 Å². The number of hydrogen-bond acceptors (Lipinski definition) is 3. The molecule has 0 saturated carbocycles. The Bertz CT molecular complexity index is 231. The van der Waals surface area contributed by atoms with Crippen molar-refractivity contribution in [3.8, 4) is 0 Å². The van der Waals surface area contributed by atoms with E-state index >= 15 is 0 Å². The molecule has 0 bridgehead atoms. The van der Waals surface area contributed by atoms with Crippen LogP contribution in [0, 0.1) is 5.21 Å². The van der Waals surface area contributed by atoms with E-state index in [0.29, 0.717) is 0 Å². The van der Waals surface area contributed by atoms with Gasteiger partial charge in [0, 0.05) is 14.0 Å². The summed E-state index contributed by atoms with van der Waals surface area (Å²) in [5, 5.41) is 10.3. The fourth-order valence-corrected chi connectivity index (χ4v) is 1.29. The highest BCUT2D eigenvalue weighted by Crippen LogP contribution is 2.16. The first kappa shape index (κ1) is 12.0. The van der Waals surface area contributed by atoms with Crippen molar-refractivity contribution in [3.63, 3.8) is 0 Å². The monoisotopic (exact) mass is 301 g/mol. The van der Waals surface area contributed by atoms with Crippen LogP contribution in [0.25, 0.3) is 0 Å².